The number of halogens is 2. The van der Waals surface area contributed by atoms with Crippen LogP contribution in [-0.2, 0) is 4.74 Å². The van der Waals surface area contributed by atoms with E-state index in [1.54, 1.807) is 0 Å². The van der Waals surface area contributed by atoms with Gasteiger partial charge in [-0.2, -0.15) is 0 Å². The first-order valence-corrected chi connectivity index (χ1v) is 6.78. The summed E-state index contributed by atoms with van der Waals surface area (Å²) in [5, 5.41) is 13.9. The lowest BCUT2D eigenvalue weighted by molar-refractivity contribution is -0.384. The Bertz CT molecular complexity index is 490. The summed E-state index contributed by atoms with van der Waals surface area (Å²) in [6.45, 7) is 2.40. The van der Waals surface area contributed by atoms with Crippen LogP contribution < -0.4 is 5.32 Å². The minimum atomic E-state index is -0.639. The van der Waals surface area contributed by atoms with E-state index in [1.165, 1.54) is 12.1 Å². The van der Waals surface area contributed by atoms with Gasteiger partial charge >= 0.3 is 0 Å². The summed E-state index contributed by atoms with van der Waals surface area (Å²) in [6.07, 6.45) is 1.83. The van der Waals surface area contributed by atoms with E-state index in [0.29, 0.717) is 11.1 Å². The molecule has 0 spiro atoms. The van der Waals surface area contributed by atoms with Gasteiger partial charge in [-0.3, -0.25) is 10.1 Å². The Kier molecular flexibility index (Phi) is 4.36. The van der Waals surface area contributed by atoms with Gasteiger partial charge in [0.25, 0.3) is 5.69 Å². The highest BCUT2D eigenvalue weighted by atomic mass is 79.9. The van der Waals surface area contributed by atoms with Crippen LogP contribution in [-0.4, -0.2) is 23.7 Å². The van der Waals surface area contributed by atoms with Gasteiger partial charge in [-0.25, -0.2) is 4.39 Å². The van der Waals surface area contributed by atoms with Gasteiger partial charge in [-0.15, -0.1) is 0 Å². The zero-order chi connectivity index (χ0) is 14.0. The Hall–Kier alpha value is -1.21. The van der Waals surface area contributed by atoms with Gasteiger partial charge in [0.1, 0.15) is 5.69 Å². The number of hydrogen-bond donors (Lipinski definition) is 1. The van der Waals surface area contributed by atoms with Gasteiger partial charge < -0.3 is 10.1 Å². The molecule has 1 fully saturated rings. The molecular formula is C12H14BrFN2O3. The highest BCUT2D eigenvalue weighted by Crippen LogP contribution is 2.32. The third-order valence-corrected chi connectivity index (χ3v) is 3.54. The van der Waals surface area contributed by atoms with Gasteiger partial charge in [0.2, 0.25) is 0 Å². The second kappa shape index (κ2) is 5.83. The molecule has 0 bridgehead atoms. The Morgan fingerprint density at radius 1 is 1.53 bits per heavy atom. The van der Waals surface area contributed by atoms with E-state index in [0.717, 1.165) is 12.8 Å². The van der Waals surface area contributed by atoms with Crippen molar-refractivity contribution in [1.82, 2.24) is 0 Å². The average Bonchev–Trinajstić information content (AvgIpc) is 2.34. The molecule has 2 atom stereocenters. The van der Waals surface area contributed by atoms with Crippen LogP contribution in [0.25, 0.3) is 0 Å². The largest absolute Gasteiger partial charge is 0.376 e. The van der Waals surface area contributed by atoms with Crippen LogP contribution in [0.1, 0.15) is 19.8 Å². The SMILES string of the molecule is C[C@@H]1CCC(Nc2c(F)cc(Br)cc2[N+](=O)[O-])CO1. The number of nitrogens with zero attached hydrogens (tertiary/aromatic N) is 1. The Morgan fingerprint density at radius 2 is 2.26 bits per heavy atom. The third kappa shape index (κ3) is 3.42. The lowest BCUT2D eigenvalue weighted by atomic mass is 10.1. The lowest BCUT2D eigenvalue weighted by Crippen LogP contribution is -2.34. The van der Waals surface area contributed by atoms with E-state index in [9.17, 15) is 14.5 Å². The zero-order valence-electron chi connectivity index (χ0n) is 10.4. The van der Waals surface area contributed by atoms with Gasteiger partial charge in [-0.1, -0.05) is 15.9 Å². The van der Waals surface area contributed by atoms with Gasteiger partial charge in [0.15, 0.2) is 5.82 Å². The second-order valence-electron chi connectivity index (χ2n) is 4.60. The van der Waals surface area contributed by atoms with E-state index < -0.39 is 10.7 Å². The smallest absolute Gasteiger partial charge is 0.296 e. The van der Waals surface area contributed by atoms with E-state index in [2.05, 4.69) is 21.2 Å². The van der Waals surface area contributed by atoms with Crippen LogP contribution in [0.2, 0.25) is 0 Å². The van der Waals surface area contributed by atoms with Crippen LogP contribution in [0, 0.1) is 15.9 Å². The molecule has 1 N–H and O–H groups in total. The van der Waals surface area contributed by atoms with E-state index in [1.807, 2.05) is 6.92 Å². The molecule has 0 saturated carbocycles. The van der Waals surface area contributed by atoms with E-state index in [4.69, 9.17) is 4.74 Å². The minimum absolute atomic E-state index is 0.0728. The normalized spacial score (nSPS) is 23.1. The van der Waals surface area contributed by atoms with Crippen LogP contribution in [0.3, 0.4) is 0 Å². The fourth-order valence-corrected chi connectivity index (χ4v) is 2.47. The minimum Gasteiger partial charge on any atom is -0.376 e. The standard InChI is InChI=1S/C12H14BrFN2O3/c1-7-2-3-9(6-19-7)15-12-10(14)4-8(13)5-11(12)16(17)18/h4-5,7,9,15H,2-3,6H2,1H3/t7-,9?/m1/s1. The number of ether oxygens (including phenoxy) is 1. The van der Waals surface area contributed by atoms with Crippen molar-refractivity contribution in [3.8, 4) is 0 Å². The van der Waals surface area contributed by atoms with Crippen LogP contribution in [0.4, 0.5) is 15.8 Å². The lowest BCUT2D eigenvalue weighted by Gasteiger charge is -2.28. The predicted octanol–water partition coefficient (Wildman–Crippen LogP) is 3.48. The summed E-state index contributed by atoms with van der Waals surface area (Å²) in [6, 6.07) is 2.39. The number of hydrogen-bond acceptors (Lipinski definition) is 4. The summed E-state index contributed by atoms with van der Waals surface area (Å²) in [4.78, 5) is 10.4. The molecule has 1 saturated heterocycles. The molecule has 1 aliphatic heterocycles. The first-order valence-electron chi connectivity index (χ1n) is 5.99. The predicted molar refractivity (Wildman–Crippen MR) is 72.8 cm³/mol. The molecule has 7 heteroatoms. The van der Waals surface area contributed by atoms with Crippen molar-refractivity contribution in [3.63, 3.8) is 0 Å². The highest BCUT2D eigenvalue weighted by molar-refractivity contribution is 9.10. The van der Waals surface area contributed by atoms with E-state index >= 15 is 0 Å². The molecule has 1 aromatic rings. The van der Waals surface area contributed by atoms with Crippen molar-refractivity contribution >= 4 is 27.3 Å². The fourth-order valence-electron chi connectivity index (χ4n) is 2.05. The van der Waals surface area contributed by atoms with Crippen LogP contribution in [0.5, 0.6) is 0 Å². The van der Waals surface area contributed by atoms with E-state index in [-0.39, 0.29) is 23.5 Å². The number of nitrogens with one attached hydrogen (secondary N) is 1. The maximum atomic E-state index is 13.9. The molecule has 1 aliphatic rings. The molecule has 1 aromatic carbocycles. The molecule has 0 radical (unpaired) electrons. The monoisotopic (exact) mass is 332 g/mol. The van der Waals surface area contributed by atoms with Gasteiger partial charge in [-0.05, 0) is 25.8 Å². The molecule has 104 valence electrons. The van der Waals surface area contributed by atoms with Gasteiger partial charge in [0, 0.05) is 16.6 Å². The Balaban J connectivity index is 2.21. The summed E-state index contributed by atoms with van der Waals surface area (Å²) >= 11 is 3.05. The molecular weight excluding hydrogens is 319 g/mol. The molecule has 1 unspecified atom stereocenters. The molecule has 0 aromatic heterocycles. The molecule has 0 amide bonds. The number of anilines is 1. The maximum absolute atomic E-state index is 13.9. The number of benzene rings is 1. The van der Waals surface area contributed by atoms with Crippen molar-refractivity contribution in [2.75, 3.05) is 11.9 Å². The first-order chi connectivity index (χ1) is 8.97. The topological polar surface area (TPSA) is 64.4 Å². The average molecular weight is 333 g/mol. The third-order valence-electron chi connectivity index (χ3n) is 3.08. The Morgan fingerprint density at radius 3 is 2.84 bits per heavy atom. The van der Waals surface area contributed by atoms with Crippen molar-refractivity contribution in [2.24, 2.45) is 0 Å². The Labute approximate surface area is 118 Å². The summed E-state index contributed by atoms with van der Waals surface area (Å²) in [5.41, 5.74) is -0.346. The number of nitro groups is 1. The van der Waals surface area contributed by atoms with Crippen molar-refractivity contribution < 1.29 is 14.1 Å². The highest BCUT2D eigenvalue weighted by Gasteiger charge is 2.25. The van der Waals surface area contributed by atoms with Crippen molar-refractivity contribution in [3.05, 3.63) is 32.5 Å². The zero-order valence-corrected chi connectivity index (χ0v) is 11.9. The maximum Gasteiger partial charge on any atom is 0.296 e. The van der Waals surface area contributed by atoms with Crippen molar-refractivity contribution in [1.29, 1.82) is 0 Å². The number of rotatable bonds is 3. The van der Waals surface area contributed by atoms with Gasteiger partial charge in [0.05, 0.1) is 17.6 Å². The van der Waals surface area contributed by atoms with Crippen LogP contribution in [0.15, 0.2) is 16.6 Å². The van der Waals surface area contributed by atoms with Crippen LogP contribution >= 0.6 is 15.9 Å². The molecule has 0 aliphatic carbocycles. The molecule has 2 rings (SSSR count). The number of nitro benzene ring substituents is 1. The van der Waals surface area contributed by atoms with Crippen molar-refractivity contribution in [2.45, 2.75) is 31.9 Å². The second-order valence-corrected chi connectivity index (χ2v) is 5.52. The molecule has 1 heterocycles. The fraction of sp³-hybridized carbons (Fsp3) is 0.500. The quantitative estimate of drug-likeness (QED) is 0.679. The molecule has 19 heavy (non-hydrogen) atoms. The first kappa shape index (κ1) is 14.2. The summed E-state index contributed by atoms with van der Waals surface area (Å²) < 4.78 is 19.7. The molecule has 5 nitrogen and oxygen atoms in total. The summed E-state index contributed by atoms with van der Waals surface area (Å²) in [7, 11) is 0. The summed E-state index contributed by atoms with van der Waals surface area (Å²) in [5.74, 6) is -0.639.